The van der Waals surface area contributed by atoms with Gasteiger partial charge in [-0.05, 0) is 50.6 Å². The first-order valence-corrected chi connectivity index (χ1v) is 18.1. The van der Waals surface area contributed by atoms with Crippen molar-refractivity contribution in [3.8, 4) is 22.4 Å². The van der Waals surface area contributed by atoms with E-state index in [-0.39, 0.29) is 30.2 Å². The number of anilines is 1. The maximum atomic E-state index is 14.9. The molecule has 2 aliphatic heterocycles. The van der Waals surface area contributed by atoms with Gasteiger partial charge in [0, 0.05) is 60.8 Å². The summed E-state index contributed by atoms with van der Waals surface area (Å²) in [5, 5.41) is 14.6. The molecule has 52 heavy (non-hydrogen) atoms. The fourth-order valence-electron chi connectivity index (χ4n) is 7.32. The van der Waals surface area contributed by atoms with Crippen LogP contribution in [0, 0.1) is 0 Å². The molecule has 1 fully saturated rings. The van der Waals surface area contributed by atoms with Gasteiger partial charge in [-0.1, -0.05) is 24.3 Å². The topological polar surface area (TPSA) is 159 Å². The molecule has 0 radical (unpaired) electrons. The predicted molar refractivity (Wildman–Crippen MR) is 193 cm³/mol. The Kier molecular flexibility index (Phi) is 7.57. The van der Waals surface area contributed by atoms with E-state index >= 15 is 0 Å². The Hall–Kier alpha value is -5.58. The average molecular weight is 724 g/mol. The Morgan fingerprint density at radius 1 is 1.00 bits per heavy atom. The summed E-state index contributed by atoms with van der Waals surface area (Å²) < 4.78 is 40.2. The first-order chi connectivity index (χ1) is 24.7. The fourth-order valence-corrected chi connectivity index (χ4v) is 8.84. The summed E-state index contributed by atoms with van der Waals surface area (Å²) >= 11 is 0. The number of nitrogens with one attached hydrogen (secondary N) is 1. The van der Waals surface area contributed by atoms with Crippen molar-refractivity contribution < 1.29 is 27.6 Å². The highest BCUT2D eigenvalue weighted by Gasteiger charge is 2.57. The summed E-state index contributed by atoms with van der Waals surface area (Å²) in [4.78, 5) is 40.2. The third-order valence-electron chi connectivity index (χ3n) is 9.48. The van der Waals surface area contributed by atoms with Crippen LogP contribution in [0.3, 0.4) is 0 Å². The molecule has 4 aromatic heterocycles. The second kappa shape index (κ2) is 11.7. The van der Waals surface area contributed by atoms with Crippen LogP contribution in [0.4, 0.5) is 10.5 Å². The molecule has 1 atom stereocenters. The SMILES string of the molecule is CON1C(=O)C2(CN(C(=O)OC(C)(C)C)CCN2)c2c1cnc1c2c(-c2ccc3c(cnn3C)c2)c(-c2cnn(C)c2)n1S(=O)(=O)c1ccccc1. The van der Waals surface area contributed by atoms with E-state index in [9.17, 15) is 18.0 Å². The van der Waals surface area contributed by atoms with Crippen molar-refractivity contribution in [3.05, 3.63) is 78.9 Å². The summed E-state index contributed by atoms with van der Waals surface area (Å²) in [6.07, 6.45) is 5.95. The number of pyridine rings is 1. The number of benzene rings is 2. The van der Waals surface area contributed by atoms with Gasteiger partial charge in [0.2, 0.25) is 0 Å². The van der Waals surface area contributed by atoms with Crippen LogP contribution in [0.1, 0.15) is 26.3 Å². The molecule has 1 spiro atoms. The second-order valence-electron chi connectivity index (χ2n) is 14.0. The highest BCUT2D eigenvalue weighted by atomic mass is 32.2. The number of aryl methyl sites for hydroxylation is 2. The van der Waals surface area contributed by atoms with Crippen LogP contribution < -0.4 is 10.4 Å². The first kappa shape index (κ1) is 33.6. The summed E-state index contributed by atoms with van der Waals surface area (Å²) in [6.45, 7) is 5.73. The van der Waals surface area contributed by atoms with E-state index in [1.807, 2.05) is 25.2 Å². The molecule has 2 aromatic carbocycles. The molecule has 0 saturated carbocycles. The molecule has 2 aliphatic rings. The molecule has 0 bridgehead atoms. The van der Waals surface area contributed by atoms with Crippen LogP contribution in [0.2, 0.25) is 0 Å². The van der Waals surface area contributed by atoms with Crippen LogP contribution in [0.5, 0.6) is 0 Å². The number of ether oxygens (including phenoxy) is 1. The van der Waals surface area contributed by atoms with Crippen molar-refractivity contribution in [2.24, 2.45) is 14.1 Å². The lowest BCUT2D eigenvalue weighted by Crippen LogP contribution is -2.63. The molecule has 6 aromatic rings. The van der Waals surface area contributed by atoms with Crippen LogP contribution in [0.15, 0.2) is 78.2 Å². The molecule has 0 aliphatic carbocycles. The van der Waals surface area contributed by atoms with E-state index in [1.165, 1.54) is 34.3 Å². The zero-order valence-electron chi connectivity index (χ0n) is 29.5. The highest BCUT2D eigenvalue weighted by molar-refractivity contribution is 7.90. The number of carbonyl (C=O) groups is 2. The molecule has 8 rings (SSSR count). The van der Waals surface area contributed by atoms with Crippen molar-refractivity contribution in [1.82, 2.24) is 38.7 Å². The highest BCUT2D eigenvalue weighted by Crippen LogP contribution is 2.52. The fraction of sp³-hybridized carbons (Fsp3) is 0.306. The Labute approximate surface area is 299 Å². The molecule has 268 valence electrons. The van der Waals surface area contributed by atoms with Crippen LogP contribution >= 0.6 is 0 Å². The maximum Gasteiger partial charge on any atom is 0.410 e. The van der Waals surface area contributed by atoms with Crippen molar-refractivity contribution >= 4 is 49.6 Å². The van der Waals surface area contributed by atoms with Gasteiger partial charge in [0.05, 0.1) is 54.0 Å². The lowest BCUT2D eigenvalue weighted by molar-refractivity contribution is -0.132. The molecule has 1 N–H and O–H groups in total. The Balaban J connectivity index is 1.52. The van der Waals surface area contributed by atoms with Crippen LogP contribution in [-0.2, 0) is 44.0 Å². The van der Waals surface area contributed by atoms with Crippen molar-refractivity contribution in [2.75, 3.05) is 31.8 Å². The van der Waals surface area contributed by atoms with Gasteiger partial charge in [-0.25, -0.2) is 22.2 Å². The summed E-state index contributed by atoms with van der Waals surface area (Å²) in [7, 11) is 0.642. The number of nitrogens with zero attached hydrogens (tertiary/aromatic N) is 8. The first-order valence-electron chi connectivity index (χ1n) is 16.7. The van der Waals surface area contributed by atoms with Crippen molar-refractivity contribution in [2.45, 2.75) is 36.8 Å². The van der Waals surface area contributed by atoms with Crippen LogP contribution in [0.25, 0.3) is 44.3 Å². The minimum Gasteiger partial charge on any atom is -0.444 e. The van der Waals surface area contributed by atoms with E-state index in [1.54, 1.807) is 74.0 Å². The minimum absolute atomic E-state index is 0.0461. The van der Waals surface area contributed by atoms with Crippen molar-refractivity contribution in [3.63, 3.8) is 0 Å². The number of carbonyl (C=O) groups excluding carboxylic acids is 2. The lowest BCUT2D eigenvalue weighted by Gasteiger charge is -2.40. The third-order valence-corrected chi connectivity index (χ3v) is 11.2. The number of hydroxylamine groups is 1. The van der Waals surface area contributed by atoms with Crippen molar-refractivity contribution in [1.29, 1.82) is 0 Å². The molecule has 2 amide bonds. The molecule has 1 unspecified atom stereocenters. The predicted octanol–water partition coefficient (Wildman–Crippen LogP) is 4.17. The maximum absolute atomic E-state index is 14.9. The van der Waals surface area contributed by atoms with Gasteiger partial charge >= 0.3 is 6.09 Å². The zero-order chi connectivity index (χ0) is 36.7. The average Bonchev–Trinajstić information content (AvgIpc) is 3.86. The number of amides is 2. The quantitative estimate of drug-likeness (QED) is 0.274. The minimum atomic E-state index is -4.33. The number of rotatable bonds is 5. The lowest BCUT2D eigenvalue weighted by atomic mass is 9.85. The van der Waals surface area contributed by atoms with Gasteiger partial charge in [0.15, 0.2) is 5.65 Å². The number of aromatic nitrogens is 6. The molecule has 16 heteroatoms. The Morgan fingerprint density at radius 3 is 2.46 bits per heavy atom. The smallest absolute Gasteiger partial charge is 0.410 e. The summed E-state index contributed by atoms with van der Waals surface area (Å²) in [6, 6.07) is 13.9. The second-order valence-corrected chi connectivity index (χ2v) is 15.8. The molecule has 15 nitrogen and oxygen atoms in total. The Morgan fingerprint density at radius 2 is 1.77 bits per heavy atom. The van der Waals surface area contributed by atoms with E-state index in [4.69, 9.17) is 14.6 Å². The standard InChI is InChI=1S/C36H37N9O6S/c1-35(2,3)51-34(47)43-15-14-38-36(21-43)30-27(44(50-6)33(36)46)19-37-32-29(30)28(22-12-13-26-23(16-22)17-40-42(26)5)31(24-18-39-41(4)20-24)45(32)52(48,49)25-10-8-7-9-11-25/h7-13,16-20,38H,14-15,21H2,1-6H3. The summed E-state index contributed by atoms with van der Waals surface area (Å²) in [5.41, 5.74) is 1.31. The molecular formula is C36H37N9O6S. The largest absolute Gasteiger partial charge is 0.444 e. The molecule has 1 saturated heterocycles. The van der Waals surface area contributed by atoms with E-state index in [0.29, 0.717) is 39.0 Å². The summed E-state index contributed by atoms with van der Waals surface area (Å²) in [5.74, 6) is -0.484. The van der Waals surface area contributed by atoms with Gasteiger partial charge in [0.1, 0.15) is 11.1 Å². The number of hydrogen-bond donors (Lipinski definition) is 1. The van der Waals surface area contributed by atoms with Gasteiger partial charge in [0.25, 0.3) is 15.9 Å². The number of hydrogen-bond acceptors (Lipinski definition) is 10. The van der Waals surface area contributed by atoms with Gasteiger partial charge in [-0.2, -0.15) is 15.3 Å². The molecular weight excluding hydrogens is 687 g/mol. The number of fused-ring (bicyclic) bond motifs is 5. The monoisotopic (exact) mass is 723 g/mol. The third kappa shape index (κ3) is 5.00. The van der Waals surface area contributed by atoms with Gasteiger partial charge in [-0.3, -0.25) is 24.3 Å². The zero-order valence-corrected chi connectivity index (χ0v) is 30.3. The number of piperazine rings is 1. The van der Waals surface area contributed by atoms with E-state index < -0.39 is 33.2 Å². The van der Waals surface area contributed by atoms with Crippen LogP contribution in [-0.4, -0.2) is 86.2 Å². The van der Waals surface area contributed by atoms with Gasteiger partial charge in [-0.15, -0.1) is 0 Å². The Bertz CT molecular complexity index is 2530. The van der Waals surface area contributed by atoms with E-state index in [2.05, 4.69) is 15.5 Å². The normalized spacial score (nSPS) is 17.8. The molecule has 6 heterocycles. The van der Waals surface area contributed by atoms with E-state index in [0.717, 1.165) is 16.0 Å². The van der Waals surface area contributed by atoms with Gasteiger partial charge < -0.3 is 9.64 Å².